The van der Waals surface area contributed by atoms with Gasteiger partial charge in [-0.05, 0) is 60.2 Å². The van der Waals surface area contributed by atoms with Crippen molar-refractivity contribution in [3.8, 4) is 0 Å². The first-order valence-electron chi connectivity index (χ1n) is 9.31. The van der Waals surface area contributed by atoms with Crippen LogP contribution < -0.4 is 10.0 Å². The molecule has 9 heteroatoms. The Morgan fingerprint density at radius 1 is 1.00 bits per heavy atom. The van der Waals surface area contributed by atoms with E-state index in [4.69, 9.17) is 11.6 Å². The van der Waals surface area contributed by atoms with E-state index < -0.39 is 32.6 Å². The molecule has 0 bridgehead atoms. The summed E-state index contributed by atoms with van der Waals surface area (Å²) in [4.78, 5) is 23.6. The number of ketones is 1. The Kier molecular flexibility index (Phi) is 7.26. The molecule has 2 N–H and O–H groups in total. The number of amides is 2. The Labute approximate surface area is 180 Å². The van der Waals surface area contributed by atoms with E-state index in [0.717, 1.165) is 36.2 Å². The minimum absolute atomic E-state index is 0.0170. The molecule has 0 aromatic heterocycles. The second kappa shape index (κ2) is 9.14. The average molecular weight is 455 g/mol. The quantitative estimate of drug-likeness (QED) is 0.568. The number of anilines is 1. The van der Waals surface area contributed by atoms with E-state index in [-0.39, 0.29) is 17.4 Å². The topological polar surface area (TPSA) is 92.3 Å². The highest BCUT2D eigenvalue weighted by Crippen LogP contribution is 2.35. The van der Waals surface area contributed by atoms with Gasteiger partial charge in [0.05, 0.1) is 10.5 Å². The van der Waals surface area contributed by atoms with Crippen LogP contribution in [0.25, 0.3) is 0 Å². The molecule has 0 saturated heterocycles. The molecule has 0 heterocycles. The third-order valence-corrected chi connectivity index (χ3v) is 6.05. The normalized spacial score (nSPS) is 11.6. The molecule has 2 aromatic carbocycles. The van der Waals surface area contributed by atoms with Crippen molar-refractivity contribution in [3.63, 3.8) is 0 Å². The number of carbonyl (C=O) groups excluding carboxylic acids is 2. The molecule has 2 amide bonds. The van der Waals surface area contributed by atoms with E-state index in [1.54, 1.807) is 12.1 Å². The van der Waals surface area contributed by atoms with Crippen LogP contribution in [0.5, 0.6) is 0 Å². The molecule has 0 radical (unpaired) electrons. The molecule has 0 fully saturated rings. The first kappa shape index (κ1) is 23.8. The van der Waals surface area contributed by atoms with Gasteiger partial charge in [0.1, 0.15) is 5.82 Å². The smallest absolute Gasteiger partial charge is 0.307 e. The summed E-state index contributed by atoms with van der Waals surface area (Å²) in [5.74, 6) is -1.43. The van der Waals surface area contributed by atoms with Gasteiger partial charge in [-0.1, -0.05) is 39.3 Å². The van der Waals surface area contributed by atoms with Gasteiger partial charge in [-0.3, -0.25) is 4.79 Å². The molecule has 30 heavy (non-hydrogen) atoms. The number of rotatable bonds is 6. The summed E-state index contributed by atoms with van der Waals surface area (Å²) in [6.07, 6.45) is 0. The fraction of sp³-hybridized carbons (Fsp3) is 0.333. The van der Waals surface area contributed by atoms with Crippen LogP contribution in [-0.4, -0.2) is 20.2 Å². The summed E-state index contributed by atoms with van der Waals surface area (Å²) < 4.78 is 40.8. The van der Waals surface area contributed by atoms with Gasteiger partial charge in [-0.2, -0.15) is 0 Å². The largest absolute Gasteiger partial charge is 0.333 e. The van der Waals surface area contributed by atoms with Gasteiger partial charge < -0.3 is 5.32 Å². The van der Waals surface area contributed by atoms with Gasteiger partial charge in [0.15, 0.2) is 5.78 Å². The van der Waals surface area contributed by atoms with Gasteiger partial charge in [0, 0.05) is 10.7 Å². The molecule has 162 valence electrons. The molecule has 0 aliphatic carbocycles. The molecular formula is C21H24ClFN2O4S. The summed E-state index contributed by atoms with van der Waals surface area (Å²) in [7, 11) is -4.33. The highest BCUT2D eigenvalue weighted by atomic mass is 35.5. The molecule has 6 nitrogen and oxygen atoms in total. The van der Waals surface area contributed by atoms with E-state index in [9.17, 15) is 22.4 Å². The molecule has 0 saturated carbocycles. The van der Waals surface area contributed by atoms with Crippen molar-refractivity contribution in [2.45, 2.75) is 51.3 Å². The third kappa shape index (κ3) is 5.37. The Hall–Kier alpha value is -2.45. The number of nitrogens with one attached hydrogen (secondary N) is 2. The van der Waals surface area contributed by atoms with Crippen LogP contribution in [0.3, 0.4) is 0 Å². The molecule has 0 spiro atoms. The van der Waals surface area contributed by atoms with Gasteiger partial charge in [-0.15, -0.1) is 0 Å². The predicted molar refractivity (Wildman–Crippen MR) is 115 cm³/mol. The van der Waals surface area contributed by atoms with Crippen LogP contribution in [0.1, 0.15) is 67.9 Å². The summed E-state index contributed by atoms with van der Waals surface area (Å²) in [5, 5.41) is 3.13. The van der Waals surface area contributed by atoms with Crippen molar-refractivity contribution < 1.29 is 22.4 Å². The fourth-order valence-electron chi connectivity index (χ4n) is 2.97. The Balaban J connectivity index is 2.38. The lowest BCUT2D eigenvalue weighted by Gasteiger charge is -2.21. The Bertz CT molecular complexity index is 1070. The van der Waals surface area contributed by atoms with E-state index in [0.29, 0.717) is 10.7 Å². The zero-order chi connectivity index (χ0) is 22.8. The number of benzene rings is 2. The lowest BCUT2D eigenvalue weighted by molar-refractivity contribution is 0.101. The minimum Gasteiger partial charge on any atom is -0.307 e. The van der Waals surface area contributed by atoms with Gasteiger partial charge in [0.2, 0.25) is 0 Å². The predicted octanol–water partition coefficient (Wildman–Crippen LogP) is 5.44. The molecule has 0 unspecified atom stereocenters. The number of hydrogen-bond donors (Lipinski definition) is 2. The number of Topliss-reactive ketones (excluding diaryl/α,β-unsaturated/α-hetero) is 1. The summed E-state index contributed by atoms with van der Waals surface area (Å²) in [5.41, 5.74) is 1.64. The summed E-state index contributed by atoms with van der Waals surface area (Å²) in [6, 6.07) is 5.22. The highest BCUT2D eigenvalue weighted by molar-refractivity contribution is 7.90. The molecule has 2 rings (SSSR count). The fourth-order valence-corrected chi connectivity index (χ4v) is 4.13. The van der Waals surface area contributed by atoms with Gasteiger partial charge in [-0.25, -0.2) is 22.3 Å². The Morgan fingerprint density at radius 2 is 1.53 bits per heavy atom. The van der Waals surface area contributed by atoms with Gasteiger partial charge >= 0.3 is 6.03 Å². The van der Waals surface area contributed by atoms with Crippen LogP contribution in [0.2, 0.25) is 5.02 Å². The minimum atomic E-state index is -4.33. The second-order valence-corrected chi connectivity index (χ2v) is 9.64. The monoisotopic (exact) mass is 454 g/mol. The van der Waals surface area contributed by atoms with Gasteiger partial charge in [0.25, 0.3) is 10.0 Å². The van der Waals surface area contributed by atoms with Crippen LogP contribution in [0.4, 0.5) is 14.9 Å². The molecule has 0 atom stereocenters. The van der Waals surface area contributed by atoms with Crippen molar-refractivity contribution >= 4 is 39.1 Å². The zero-order valence-corrected chi connectivity index (χ0v) is 18.9. The molecule has 0 aliphatic rings. The first-order valence-corrected chi connectivity index (χ1v) is 11.2. The van der Waals surface area contributed by atoms with Crippen molar-refractivity contribution in [1.82, 2.24) is 4.72 Å². The molecule has 0 aliphatic heterocycles. The van der Waals surface area contributed by atoms with Crippen LogP contribution in [0, 0.1) is 5.82 Å². The van der Waals surface area contributed by atoms with Crippen molar-refractivity contribution in [3.05, 3.63) is 57.9 Å². The zero-order valence-electron chi connectivity index (χ0n) is 17.3. The second-order valence-electron chi connectivity index (χ2n) is 7.53. The summed E-state index contributed by atoms with van der Waals surface area (Å²) >= 11 is 6.20. The maximum absolute atomic E-state index is 13.7. The van der Waals surface area contributed by atoms with Crippen molar-refractivity contribution in [2.75, 3.05) is 5.32 Å². The molecular weight excluding hydrogens is 431 g/mol. The van der Waals surface area contributed by atoms with E-state index in [1.165, 1.54) is 0 Å². The standard InChI is InChI=1S/C21H24ClFN2O4S/c1-11(2)16-8-14(22)9-17(12(3)4)20(16)24-21(27)25-30(28,29)15-6-7-19(23)18(10-15)13(5)26/h6-12H,1-5H3,(H2,24,25,27). The van der Waals surface area contributed by atoms with Crippen molar-refractivity contribution in [1.29, 1.82) is 0 Å². The number of urea groups is 1. The van der Waals surface area contributed by atoms with E-state index in [1.807, 2.05) is 32.4 Å². The SMILES string of the molecule is CC(=O)c1cc(S(=O)(=O)NC(=O)Nc2c(C(C)C)cc(Cl)cc2C(C)C)ccc1F. The lowest BCUT2D eigenvalue weighted by atomic mass is 9.92. The van der Waals surface area contributed by atoms with E-state index in [2.05, 4.69) is 5.32 Å². The number of carbonyl (C=O) groups is 2. The Morgan fingerprint density at radius 3 is 2.00 bits per heavy atom. The number of hydrogen-bond acceptors (Lipinski definition) is 4. The lowest BCUT2D eigenvalue weighted by Crippen LogP contribution is -2.35. The van der Waals surface area contributed by atoms with Crippen LogP contribution in [0.15, 0.2) is 35.2 Å². The first-order chi connectivity index (χ1) is 13.8. The van der Waals surface area contributed by atoms with E-state index >= 15 is 0 Å². The highest BCUT2D eigenvalue weighted by Gasteiger charge is 2.23. The molecule has 2 aromatic rings. The maximum Gasteiger partial charge on any atom is 0.333 e. The van der Waals surface area contributed by atoms with Crippen molar-refractivity contribution in [2.24, 2.45) is 0 Å². The van der Waals surface area contributed by atoms with Crippen LogP contribution >= 0.6 is 11.6 Å². The third-order valence-electron chi connectivity index (χ3n) is 4.50. The number of halogens is 2. The summed E-state index contributed by atoms with van der Waals surface area (Å²) in [6.45, 7) is 8.83. The number of sulfonamides is 1. The maximum atomic E-state index is 13.7. The average Bonchev–Trinajstić information content (AvgIpc) is 2.61. The van der Waals surface area contributed by atoms with Crippen LogP contribution in [-0.2, 0) is 10.0 Å².